The number of hydrogen-bond donors (Lipinski definition) is 9. The van der Waals surface area contributed by atoms with E-state index in [9.17, 15) is 24.3 Å². The second-order valence-corrected chi connectivity index (χ2v) is 10.4. The zero-order valence-electron chi connectivity index (χ0n) is 25.1. The second-order valence-electron chi connectivity index (χ2n) is 10.4. The molecular formula is C30H44N10O5. The summed E-state index contributed by atoms with van der Waals surface area (Å²) in [6.07, 6.45) is 1.05. The lowest BCUT2D eigenvalue weighted by molar-refractivity contribution is -0.142. The number of aliphatic carboxylic acids is 1. The molecule has 45 heavy (non-hydrogen) atoms. The number of nitrogens with one attached hydrogen (secondary N) is 3. The molecule has 0 heterocycles. The Morgan fingerprint density at radius 3 is 1.53 bits per heavy atom. The highest BCUT2D eigenvalue weighted by Crippen LogP contribution is 2.08. The van der Waals surface area contributed by atoms with Crippen molar-refractivity contribution in [2.45, 2.75) is 62.7 Å². The molecule has 0 spiro atoms. The number of hydrogen-bond acceptors (Lipinski definition) is 7. The fourth-order valence-electron chi connectivity index (χ4n) is 4.38. The van der Waals surface area contributed by atoms with Crippen LogP contribution in [0.15, 0.2) is 70.6 Å². The molecule has 15 heteroatoms. The normalized spacial score (nSPS) is 13.3. The molecule has 2 aromatic carbocycles. The van der Waals surface area contributed by atoms with Crippen molar-refractivity contribution in [3.63, 3.8) is 0 Å². The fraction of sp³-hybridized carbons (Fsp3) is 0.400. The topological polar surface area (TPSA) is 279 Å². The van der Waals surface area contributed by atoms with Crippen LogP contribution in [0.5, 0.6) is 0 Å². The van der Waals surface area contributed by atoms with E-state index in [4.69, 9.17) is 28.7 Å². The first-order valence-corrected chi connectivity index (χ1v) is 14.5. The van der Waals surface area contributed by atoms with Gasteiger partial charge in [-0.3, -0.25) is 24.4 Å². The Bertz CT molecular complexity index is 1300. The van der Waals surface area contributed by atoms with Gasteiger partial charge in [0.15, 0.2) is 11.9 Å². The van der Waals surface area contributed by atoms with Crippen LogP contribution < -0.4 is 44.6 Å². The second kappa shape index (κ2) is 19.2. The Kier molecular flexibility index (Phi) is 15.3. The van der Waals surface area contributed by atoms with Crippen molar-refractivity contribution in [2.75, 3.05) is 13.1 Å². The van der Waals surface area contributed by atoms with Gasteiger partial charge in [-0.05, 0) is 43.2 Å². The molecule has 244 valence electrons. The number of rotatable bonds is 19. The summed E-state index contributed by atoms with van der Waals surface area (Å²) in [6, 6.07) is 13.8. The Morgan fingerprint density at radius 2 is 1.04 bits per heavy atom. The van der Waals surface area contributed by atoms with Gasteiger partial charge in [-0.2, -0.15) is 0 Å². The predicted octanol–water partition coefficient (Wildman–Crippen LogP) is -1.55. The van der Waals surface area contributed by atoms with Gasteiger partial charge in [0.2, 0.25) is 17.7 Å². The van der Waals surface area contributed by atoms with Gasteiger partial charge in [-0.15, -0.1) is 0 Å². The van der Waals surface area contributed by atoms with Crippen molar-refractivity contribution < 1.29 is 24.3 Å². The van der Waals surface area contributed by atoms with Gasteiger partial charge in [-0.25, -0.2) is 4.79 Å². The molecule has 0 bridgehead atoms. The highest BCUT2D eigenvalue weighted by molar-refractivity contribution is 5.94. The number of nitrogens with zero attached hydrogens (tertiary/aromatic N) is 2. The summed E-state index contributed by atoms with van der Waals surface area (Å²) >= 11 is 0. The molecule has 2 aromatic rings. The highest BCUT2D eigenvalue weighted by atomic mass is 16.4. The van der Waals surface area contributed by atoms with Crippen molar-refractivity contribution in [1.82, 2.24) is 16.0 Å². The lowest BCUT2D eigenvalue weighted by Gasteiger charge is -2.25. The monoisotopic (exact) mass is 624 g/mol. The summed E-state index contributed by atoms with van der Waals surface area (Å²) < 4.78 is 0. The first-order chi connectivity index (χ1) is 21.5. The molecule has 0 aromatic heterocycles. The lowest BCUT2D eigenvalue weighted by Crippen LogP contribution is -2.57. The van der Waals surface area contributed by atoms with Gasteiger partial charge in [0.25, 0.3) is 0 Å². The molecule has 0 saturated heterocycles. The number of carbonyl (C=O) groups is 4. The lowest BCUT2D eigenvalue weighted by atomic mass is 10.0. The van der Waals surface area contributed by atoms with E-state index in [-0.39, 0.29) is 63.5 Å². The first kappa shape index (κ1) is 36.0. The van der Waals surface area contributed by atoms with Crippen LogP contribution in [-0.2, 0) is 32.0 Å². The maximum absolute atomic E-state index is 13.6. The molecular weight excluding hydrogens is 580 g/mol. The quantitative estimate of drug-likeness (QED) is 0.0492. The SMILES string of the molecule is NC(N)=NCCCC(NC(=O)C(CCCN=C(N)N)NC(=O)C(Cc1ccccc1)NC(=O)C(N)Cc1ccccc1)C(=O)O. The Morgan fingerprint density at radius 1 is 0.622 bits per heavy atom. The Labute approximate surface area is 262 Å². The van der Waals surface area contributed by atoms with E-state index in [0.29, 0.717) is 0 Å². The van der Waals surface area contributed by atoms with E-state index in [1.807, 2.05) is 36.4 Å². The van der Waals surface area contributed by atoms with E-state index >= 15 is 0 Å². The number of aliphatic imine (C=N–C) groups is 2. The van der Waals surface area contributed by atoms with Gasteiger partial charge >= 0.3 is 5.97 Å². The maximum Gasteiger partial charge on any atom is 0.326 e. The van der Waals surface area contributed by atoms with Gasteiger partial charge in [-0.1, -0.05) is 60.7 Å². The van der Waals surface area contributed by atoms with Crippen LogP contribution in [0.4, 0.5) is 0 Å². The summed E-state index contributed by atoms with van der Waals surface area (Å²) in [7, 11) is 0. The Balaban J connectivity index is 2.22. The number of carboxylic acid groups (broad SMARTS) is 1. The van der Waals surface area contributed by atoms with Crippen LogP contribution >= 0.6 is 0 Å². The van der Waals surface area contributed by atoms with Crippen molar-refractivity contribution in [3.8, 4) is 0 Å². The minimum atomic E-state index is -1.26. The van der Waals surface area contributed by atoms with Crippen LogP contribution in [0.1, 0.15) is 36.8 Å². The molecule has 14 N–H and O–H groups in total. The van der Waals surface area contributed by atoms with Crippen molar-refractivity contribution >= 4 is 35.6 Å². The Hall–Kier alpha value is -5.18. The average Bonchev–Trinajstić information content (AvgIpc) is 3.00. The molecule has 4 unspecified atom stereocenters. The molecule has 0 radical (unpaired) electrons. The third kappa shape index (κ3) is 14.2. The van der Waals surface area contributed by atoms with Crippen LogP contribution in [0.3, 0.4) is 0 Å². The maximum atomic E-state index is 13.6. The molecule has 0 aliphatic rings. The molecule has 4 atom stereocenters. The summed E-state index contributed by atoms with van der Waals surface area (Å²) in [5.41, 5.74) is 29.2. The van der Waals surface area contributed by atoms with Gasteiger partial charge in [0.05, 0.1) is 6.04 Å². The summed E-state index contributed by atoms with van der Waals surface area (Å²) in [4.78, 5) is 59.7. The van der Waals surface area contributed by atoms with E-state index in [0.717, 1.165) is 11.1 Å². The minimum absolute atomic E-state index is 0.0402. The van der Waals surface area contributed by atoms with Crippen molar-refractivity contribution in [1.29, 1.82) is 0 Å². The molecule has 0 aliphatic carbocycles. The van der Waals surface area contributed by atoms with Crippen LogP contribution in [0.2, 0.25) is 0 Å². The molecule has 0 aliphatic heterocycles. The average molecular weight is 625 g/mol. The van der Waals surface area contributed by atoms with E-state index in [1.54, 1.807) is 24.3 Å². The van der Waals surface area contributed by atoms with E-state index < -0.39 is 47.9 Å². The zero-order valence-corrected chi connectivity index (χ0v) is 25.1. The number of carbonyl (C=O) groups excluding carboxylic acids is 3. The number of guanidine groups is 2. The summed E-state index contributed by atoms with van der Waals surface area (Å²) in [6.45, 7) is 0.343. The fourth-order valence-corrected chi connectivity index (χ4v) is 4.38. The molecule has 3 amide bonds. The molecule has 2 rings (SSSR count). The van der Waals surface area contributed by atoms with Crippen LogP contribution in [0.25, 0.3) is 0 Å². The standard InChI is InChI=1S/C30H44N10O5/c31-21(17-19-9-3-1-4-10-19)25(41)40-24(18-20-11-5-2-6-12-20)27(43)38-22(13-7-15-36-29(32)33)26(42)39-23(28(44)45)14-8-16-37-30(34)35/h1-6,9-12,21-24H,7-8,13-18,31H2,(H,38,43)(H,39,42)(H,40,41)(H,44,45)(H4,32,33,36)(H4,34,35,37). The smallest absolute Gasteiger partial charge is 0.326 e. The predicted molar refractivity (Wildman–Crippen MR) is 172 cm³/mol. The third-order valence-electron chi connectivity index (χ3n) is 6.69. The number of carboxylic acids is 1. The zero-order chi connectivity index (χ0) is 33.2. The van der Waals surface area contributed by atoms with E-state index in [1.165, 1.54) is 0 Å². The summed E-state index contributed by atoms with van der Waals surface area (Å²) in [5.74, 6) is -3.46. The number of benzene rings is 2. The number of amides is 3. The third-order valence-corrected chi connectivity index (χ3v) is 6.69. The molecule has 0 saturated carbocycles. The van der Waals surface area contributed by atoms with Crippen molar-refractivity contribution in [3.05, 3.63) is 71.8 Å². The van der Waals surface area contributed by atoms with Crippen LogP contribution in [-0.4, -0.2) is 78.0 Å². The van der Waals surface area contributed by atoms with Crippen LogP contribution in [0, 0.1) is 0 Å². The minimum Gasteiger partial charge on any atom is -0.480 e. The van der Waals surface area contributed by atoms with Crippen molar-refractivity contribution in [2.24, 2.45) is 38.7 Å². The van der Waals surface area contributed by atoms with Gasteiger partial charge < -0.3 is 49.7 Å². The largest absolute Gasteiger partial charge is 0.480 e. The van der Waals surface area contributed by atoms with E-state index in [2.05, 4.69) is 25.9 Å². The van der Waals surface area contributed by atoms with Gasteiger partial charge in [0.1, 0.15) is 18.1 Å². The number of nitrogens with two attached hydrogens (primary N) is 5. The molecule has 0 fully saturated rings. The molecule has 15 nitrogen and oxygen atoms in total. The first-order valence-electron chi connectivity index (χ1n) is 14.5. The van der Waals surface area contributed by atoms with Gasteiger partial charge in [0, 0.05) is 19.5 Å². The summed E-state index contributed by atoms with van der Waals surface area (Å²) in [5, 5.41) is 17.6. The highest BCUT2D eigenvalue weighted by Gasteiger charge is 2.30.